The maximum absolute atomic E-state index is 14.3. The summed E-state index contributed by atoms with van der Waals surface area (Å²) >= 11 is 6.16. The Labute approximate surface area is 248 Å². The molecule has 1 spiro atoms. The van der Waals surface area contributed by atoms with Gasteiger partial charge >= 0.3 is 5.97 Å². The van der Waals surface area contributed by atoms with Crippen LogP contribution in [0, 0.1) is 11.3 Å². The summed E-state index contributed by atoms with van der Waals surface area (Å²) < 4.78 is 0. The first-order chi connectivity index (χ1) is 19.5. The Balaban J connectivity index is 1.67. The Hall–Kier alpha value is -3.19. The fourth-order valence-corrected chi connectivity index (χ4v) is 6.43. The van der Waals surface area contributed by atoms with Gasteiger partial charge in [0.1, 0.15) is 11.4 Å². The Morgan fingerprint density at radius 1 is 1.10 bits per heavy atom. The molecule has 41 heavy (non-hydrogen) atoms. The minimum absolute atomic E-state index is 0.0607. The number of hydrogen-bond acceptors (Lipinski definition) is 4. The first kappa shape index (κ1) is 30.8. The van der Waals surface area contributed by atoms with E-state index < -0.39 is 11.6 Å². The monoisotopic (exact) mass is 579 g/mol. The van der Waals surface area contributed by atoms with E-state index in [2.05, 4.69) is 33.0 Å². The molecule has 1 fully saturated rings. The van der Waals surface area contributed by atoms with Gasteiger partial charge in [-0.25, -0.2) is 0 Å². The number of benzene rings is 2. The van der Waals surface area contributed by atoms with Crippen LogP contribution in [0.15, 0.2) is 53.5 Å². The van der Waals surface area contributed by atoms with E-state index in [1.165, 1.54) is 0 Å². The van der Waals surface area contributed by atoms with Gasteiger partial charge in [-0.2, -0.15) is 0 Å². The third-order valence-electron chi connectivity index (χ3n) is 9.17. The quantitative estimate of drug-likeness (QED) is 0.298. The summed E-state index contributed by atoms with van der Waals surface area (Å²) in [6.45, 7) is 9.12. The van der Waals surface area contributed by atoms with Gasteiger partial charge in [0.25, 0.3) is 11.8 Å². The number of halogens is 1. The fraction of sp³-hybridized carbons (Fsp3) is 0.515. The average Bonchev–Trinajstić information content (AvgIpc) is 3.23. The Morgan fingerprint density at radius 2 is 1.73 bits per heavy atom. The lowest BCUT2D eigenvalue weighted by atomic mass is 9.67. The Kier molecular flexibility index (Phi) is 9.58. The van der Waals surface area contributed by atoms with Gasteiger partial charge in [0, 0.05) is 22.7 Å². The summed E-state index contributed by atoms with van der Waals surface area (Å²) in [5.74, 6) is -0.758. The maximum Gasteiger partial charge on any atom is 0.305 e. The van der Waals surface area contributed by atoms with Crippen LogP contribution in [-0.2, 0) is 9.59 Å². The molecule has 1 atom stereocenters. The predicted molar refractivity (Wildman–Crippen MR) is 162 cm³/mol. The lowest BCUT2D eigenvalue weighted by molar-refractivity contribution is -0.137. The number of carbonyl (C=O) groups is 3. The van der Waals surface area contributed by atoms with Gasteiger partial charge in [0.2, 0.25) is 0 Å². The average molecular weight is 580 g/mol. The zero-order chi connectivity index (χ0) is 29.8. The molecule has 1 saturated carbocycles. The van der Waals surface area contributed by atoms with Crippen LogP contribution in [-0.4, -0.2) is 45.7 Å². The Bertz CT molecular complexity index is 1280. The lowest BCUT2D eigenvalue weighted by Crippen LogP contribution is -2.51. The van der Waals surface area contributed by atoms with Crippen molar-refractivity contribution < 1.29 is 19.5 Å². The summed E-state index contributed by atoms with van der Waals surface area (Å²) in [5.41, 5.74) is 2.31. The minimum Gasteiger partial charge on any atom is -0.481 e. The molecule has 0 radical (unpaired) electrons. The molecular weight excluding hydrogens is 538 g/mol. The lowest BCUT2D eigenvalue weighted by Gasteiger charge is -2.48. The number of carboxylic acid groups (broad SMARTS) is 1. The van der Waals surface area contributed by atoms with Gasteiger partial charge in [-0.15, -0.1) is 0 Å². The van der Waals surface area contributed by atoms with Crippen molar-refractivity contribution in [1.29, 1.82) is 0 Å². The number of nitrogens with zero attached hydrogens (tertiary/aromatic N) is 2. The molecule has 220 valence electrons. The SMILES string of the molecule is CCC[C@H](c1ccc(C(=O)NCCC(=O)O)cc1)N1C(=O)C(c2ccc(Cl)cc2)=NC12CCC(C(C)(C)CC)CC2. The number of carboxylic acids is 1. The van der Waals surface area contributed by atoms with Crippen LogP contribution in [0.3, 0.4) is 0 Å². The summed E-state index contributed by atoms with van der Waals surface area (Å²) in [5, 5.41) is 12.1. The number of hydrogen-bond donors (Lipinski definition) is 2. The molecule has 2 amide bonds. The van der Waals surface area contributed by atoms with Gasteiger partial charge in [-0.3, -0.25) is 19.4 Å². The van der Waals surface area contributed by atoms with Crippen LogP contribution in [0.25, 0.3) is 0 Å². The summed E-state index contributed by atoms with van der Waals surface area (Å²) in [7, 11) is 0. The van der Waals surface area contributed by atoms with Crippen LogP contribution in [0.1, 0.15) is 107 Å². The van der Waals surface area contributed by atoms with Gasteiger partial charge in [-0.1, -0.05) is 76.4 Å². The molecule has 0 unspecified atom stereocenters. The van der Waals surface area contributed by atoms with E-state index in [-0.39, 0.29) is 36.2 Å². The normalized spacial score (nSPS) is 21.6. The van der Waals surface area contributed by atoms with Crippen LogP contribution in [0.2, 0.25) is 5.02 Å². The largest absolute Gasteiger partial charge is 0.481 e. The number of aliphatic imine (C=N–C) groups is 1. The van der Waals surface area contributed by atoms with Crippen LogP contribution in [0.4, 0.5) is 0 Å². The second-order valence-corrected chi connectivity index (χ2v) is 12.5. The molecule has 2 N–H and O–H groups in total. The third kappa shape index (κ3) is 6.66. The molecule has 7 nitrogen and oxygen atoms in total. The molecule has 0 bridgehead atoms. The molecule has 1 aliphatic carbocycles. The summed E-state index contributed by atoms with van der Waals surface area (Å²) in [4.78, 5) is 44.9. The molecule has 4 rings (SSSR count). The molecular formula is C33H42ClN3O4. The van der Waals surface area contributed by atoms with Crippen molar-refractivity contribution in [2.45, 2.75) is 90.8 Å². The number of amides is 2. The first-order valence-electron chi connectivity index (χ1n) is 14.8. The molecule has 0 aromatic heterocycles. The molecule has 2 aliphatic rings. The zero-order valence-electron chi connectivity index (χ0n) is 24.6. The number of carbonyl (C=O) groups excluding carboxylic acids is 2. The van der Waals surface area contributed by atoms with Gasteiger partial charge in [-0.05, 0) is 73.3 Å². The van der Waals surface area contributed by atoms with Gasteiger partial charge in [0.05, 0.1) is 12.5 Å². The van der Waals surface area contributed by atoms with Crippen LogP contribution < -0.4 is 5.32 Å². The fourth-order valence-electron chi connectivity index (χ4n) is 6.30. The summed E-state index contributed by atoms with van der Waals surface area (Å²) in [6.07, 6.45) is 6.28. The second-order valence-electron chi connectivity index (χ2n) is 12.1. The van der Waals surface area contributed by atoms with Crippen molar-refractivity contribution in [3.63, 3.8) is 0 Å². The van der Waals surface area contributed by atoms with E-state index in [1.54, 1.807) is 24.3 Å². The third-order valence-corrected chi connectivity index (χ3v) is 9.42. The molecule has 2 aromatic rings. The van der Waals surface area contributed by atoms with Crippen LogP contribution in [0.5, 0.6) is 0 Å². The van der Waals surface area contributed by atoms with Gasteiger partial charge in [0.15, 0.2) is 0 Å². The Morgan fingerprint density at radius 3 is 2.29 bits per heavy atom. The molecule has 1 heterocycles. The number of nitrogens with one attached hydrogen (secondary N) is 1. The van der Waals surface area contributed by atoms with E-state index in [0.717, 1.165) is 56.1 Å². The smallest absolute Gasteiger partial charge is 0.305 e. The highest BCUT2D eigenvalue weighted by Gasteiger charge is 2.52. The van der Waals surface area contributed by atoms with Crippen molar-refractivity contribution in [3.05, 3.63) is 70.2 Å². The number of aliphatic carboxylic acids is 1. The number of rotatable bonds is 11. The summed E-state index contributed by atoms with van der Waals surface area (Å²) in [6, 6.07) is 14.5. The molecule has 8 heteroatoms. The highest BCUT2D eigenvalue weighted by molar-refractivity contribution is 6.47. The molecule has 0 saturated heterocycles. The van der Waals surface area contributed by atoms with E-state index >= 15 is 0 Å². The molecule has 1 aliphatic heterocycles. The van der Waals surface area contributed by atoms with Gasteiger partial charge < -0.3 is 15.3 Å². The predicted octanol–water partition coefficient (Wildman–Crippen LogP) is 7.04. The van der Waals surface area contributed by atoms with Crippen molar-refractivity contribution >= 4 is 35.1 Å². The van der Waals surface area contributed by atoms with Crippen molar-refractivity contribution in [2.24, 2.45) is 16.3 Å². The van der Waals surface area contributed by atoms with E-state index in [4.69, 9.17) is 21.7 Å². The van der Waals surface area contributed by atoms with E-state index in [0.29, 0.717) is 22.2 Å². The molecule has 2 aromatic carbocycles. The van der Waals surface area contributed by atoms with Crippen molar-refractivity contribution in [3.8, 4) is 0 Å². The standard InChI is InChI=1S/C33H42ClN3O4/c1-5-7-27(22-8-10-24(11-9-22)30(40)35-21-18-28(38)39)37-31(41)29(23-12-14-26(34)15-13-23)36-33(37)19-16-25(17-20-33)32(3,4)6-2/h8-15,25,27H,5-7,16-21H2,1-4H3,(H,35,40)(H,38,39)/t25?,27-,33?/m1/s1. The maximum atomic E-state index is 14.3. The highest BCUT2D eigenvalue weighted by atomic mass is 35.5. The van der Waals surface area contributed by atoms with Crippen LogP contribution >= 0.6 is 11.6 Å². The van der Waals surface area contributed by atoms with Crippen molar-refractivity contribution in [2.75, 3.05) is 6.54 Å². The zero-order valence-corrected chi connectivity index (χ0v) is 25.3. The first-order valence-corrected chi connectivity index (χ1v) is 15.2. The van der Waals surface area contributed by atoms with Crippen molar-refractivity contribution in [1.82, 2.24) is 10.2 Å². The second kappa shape index (κ2) is 12.8. The van der Waals surface area contributed by atoms with E-state index in [1.807, 2.05) is 29.2 Å². The minimum atomic E-state index is -0.959. The van der Waals surface area contributed by atoms with E-state index in [9.17, 15) is 14.4 Å². The topological polar surface area (TPSA) is 99.1 Å². The highest BCUT2D eigenvalue weighted by Crippen LogP contribution is 2.50.